The van der Waals surface area contributed by atoms with Gasteiger partial charge in [-0.3, -0.25) is 9.59 Å². The Morgan fingerprint density at radius 3 is 2.55 bits per heavy atom. The first-order chi connectivity index (χ1) is 18.2. The Labute approximate surface area is 218 Å². The third-order valence-electron chi connectivity index (χ3n) is 9.39. The molecule has 4 aliphatic heterocycles. The number of ether oxygens (including phenoxy) is 6. The minimum atomic E-state index is -1.50. The number of aromatic hydroxyl groups is 1. The Morgan fingerprint density at radius 2 is 1.95 bits per heavy atom. The van der Waals surface area contributed by atoms with Crippen LogP contribution in [0.1, 0.15) is 69.7 Å². The van der Waals surface area contributed by atoms with Gasteiger partial charge in [0.2, 0.25) is 11.4 Å². The van der Waals surface area contributed by atoms with Gasteiger partial charge in [-0.25, -0.2) is 0 Å². The smallest absolute Gasteiger partial charge is 0.276 e. The lowest BCUT2D eigenvalue weighted by molar-refractivity contribution is -0.313. The van der Waals surface area contributed by atoms with Crippen LogP contribution in [0, 0.1) is 12.8 Å². The summed E-state index contributed by atoms with van der Waals surface area (Å²) in [5.41, 5.74) is 1.21. The molecule has 6 unspecified atom stereocenters. The summed E-state index contributed by atoms with van der Waals surface area (Å²) >= 11 is 0. The number of aryl methyl sites for hydroxylation is 1. The molecule has 0 amide bonds. The van der Waals surface area contributed by atoms with E-state index in [1.54, 1.807) is 0 Å². The number of aliphatic hydroxyl groups excluding tert-OH is 1. The molecule has 5 aliphatic rings. The minimum Gasteiger partial charge on any atom is -0.506 e. The molecule has 2 N–H and O–H groups in total. The SMILES string of the molecule is COC(CO)C12OC3c4c(C)cc5c(C=O)c6c(c(O)c5c4OC(OC)(C3O1)C21CO1)C(=O)[C@H](C)C[C@@H]6C. The van der Waals surface area contributed by atoms with Crippen LogP contribution in [0.25, 0.3) is 10.8 Å². The number of hydrogen-bond acceptors (Lipinski definition) is 10. The number of hydrogen-bond donors (Lipinski definition) is 2. The number of ketones is 1. The number of carbonyl (C=O) groups is 2. The summed E-state index contributed by atoms with van der Waals surface area (Å²) in [7, 11) is 2.93. The molecule has 0 aromatic heterocycles. The van der Waals surface area contributed by atoms with Gasteiger partial charge in [-0.2, -0.15) is 0 Å². The van der Waals surface area contributed by atoms with E-state index in [1.165, 1.54) is 14.2 Å². The number of carbonyl (C=O) groups excluding carboxylic acids is 2. The molecule has 8 atom stereocenters. The van der Waals surface area contributed by atoms with Crippen molar-refractivity contribution < 1.29 is 48.2 Å². The third-order valence-corrected chi connectivity index (χ3v) is 9.39. The van der Waals surface area contributed by atoms with Crippen LogP contribution in [0.5, 0.6) is 11.5 Å². The molecule has 3 fully saturated rings. The number of phenolic OH excluding ortho intramolecular Hbond substituents is 1. The molecular weight excluding hydrogens is 496 g/mol. The van der Waals surface area contributed by atoms with Crippen molar-refractivity contribution >= 4 is 22.8 Å². The number of phenols is 1. The van der Waals surface area contributed by atoms with Gasteiger partial charge in [0.05, 0.1) is 24.2 Å². The van der Waals surface area contributed by atoms with Crippen molar-refractivity contribution in [1.82, 2.24) is 0 Å². The highest BCUT2D eigenvalue weighted by Crippen LogP contribution is 2.71. The fourth-order valence-electron chi connectivity index (χ4n) is 7.66. The van der Waals surface area contributed by atoms with Gasteiger partial charge in [0, 0.05) is 36.7 Å². The van der Waals surface area contributed by atoms with Gasteiger partial charge in [-0.1, -0.05) is 13.8 Å². The number of rotatable bonds is 5. The minimum absolute atomic E-state index is 0.0911. The van der Waals surface area contributed by atoms with E-state index in [-0.39, 0.29) is 46.7 Å². The van der Waals surface area contributed by atoms with Crippen molar-refractivity contribution in [3.05, 3.63) is 33.9 Å². The summed E-state index contributed by atoms with van der Waals surface area (Å²) in [6, 6.07) is 1.82. The average Bonchev–Trinajstić information content (AvgIpc) is 3.56. The maximum Gasteiger partial charge on any atom is 0.276 e. The Hall–Kier alpha value is -2.60. The Bertz CT molecular complexity index is 1430. The van der Waals surface area contributed by atoms with E-state index in [0.29, 0.717) is 28.5 Å². The number of aldehydes is 1. The highest BCUT2D eigenvalue weighted by molar-refractivity contribution is 6.15. The molecule has 7 rings (SSSR count). The summed E-state index contributed by atoms with van der Waals surface area (Å²) < 4.78 is 37.3. The molecule has 3 saturated heterocycles. The topological polar surface area (TPSA) is 133 Å². The van der Waals surface area contributed by atoms with Gasteiger partial charge >= 0.3 is 0 Å². The first-order valence-electron chi connectivity index (χ1n) is 12.9. The highest BCUT2D eigenvalue weighted by Gasteiger charge is 2.92. The molecule has 1 spiro atoms. The van der Waals surface area contributed by atoms with Crippen LogP contribution in [0.2, 0.25) is 0 Å². The van der Waals surface area contributed by atoms with Crippen LogP contribution in [0.4, 0.5) is 0 Å². The van der Waals surface area contributed by atoms with Crippen molar-refractivity contribution in [3.63, 3.8) is 0 Å². The van der Waals surface area contributed by atoms with Gasteiger partial charge in [-0.05, 0) is 36.5 Å². The quantitative estimate of drug-likeness (QED) is 0.442. The summed E-state index contributed by atoms with van der Waals surface area (Å²) in [6.07, 6.45) is -1.03. The average molecular weight is 527 g/mol. The first-order valence-corrected chi connectivity index (χ1v) is 12.9. The zero-order valence-electron chi connectivity index (χ0n) is 21.8. The van der Waals surface area contributed by atoms with Gasteiger partial charge in [0.1, 0.15) is 23.7 Å². The molecule has 2 bridgehead atoms. The molecular formula is C28H30O10. The molecule has 10 nitrogen and oxygen atoms in total. The molecule has 4 heterocycles. The van der Waals surface area contributed by atoms with E-state index < -0.39 is 42.1 Å². The largest absolute Gasteiger partial charge is 0.506 e. The van der Waals surface area contributed by atoms with Gasteiger partial charge in [0.15, 0.2) is 18.2 Å². The number of aliphatic hydroxyl groups is 1. The highest BCUT2D eigenvalue weighted by atomic mass is 16.9. The second kappa shape index (κ2) is 7.53. The second-order valence-corrected chi connectivity index (χ2v) is 11.2. The van der Waals surface area contributed by atoms with Crippen LogP contribution in [0.3, 0.4) is 0 Å². The Balaban J connectivity index is 1.55. The molecule has 0 radical (unpaired) electrons. The van der Waals surface area contributed by atoms with Crippen LogP contribution >= 0.6 is 0 Å². The Kier molecular flexibility index (Phi) is 4.84. The molecule has 38 heavy (non-hydrogen) atoms. The van der Waals surface area contributed by atoms with Gasteiger partial charge < -0.3 is 38.6 Å². The monoisotopic (exact) mass is 526 g/mol. The van der Waals surface area contributed by atoms with Crippen LogP contribution in [-0.2, 0) is 23.7 Å². The van der Waals surface area contributed by atoms with Crippen molar-refractivity contribution in [1.29, 1.82) is 0 Å². The molecule has 0 saturated carbocycles. The van der Waals surface area contributed by atoms with E-state index in [2.05, 4.69) is 0 Å². The van der Waals surface area contributed by atoms with Crippen LogP contribution < -0.4 is 4.74 Å². The number of fused-ring (bicyclic) bond motifs is 8. The normalized spacial score (nSPS) is 38.7. The van der Waals surface area contributed by atoms with E-state index in [9.17, 15) is 19.8 Å². The second-order valence-electron chi connectivity index (χ2n) is 11.2. The third kappa shape index (κ3) is 2.42. The number of benzene rings is 2. The van der Waals surface area contributed by atoms with Crippen LogP contribution in [-0.4, -0.2) is 79.1 Å². The Morgan fingerprint density at radius 1 is 1.21 bits per heavy atom. The maximum absolute atomic E-state index is 13.4. The van der Waals surface area contributed by atoms with Crippen molar-refractivity contribution in [2.45, 2.75) is 68.6 Å². The molecule has 10 heteroatoms. The zero-order chi connectivity index (χ0) is 26.9. The number of methoxy groups -OCH3 is 2. The van der Waals surface area contributed by atoms with Crippen LogP contribution in [0.15, 0.2) is 6.07 Å². The van der Waals surface area contributed by atoms with E-state index in [1.807, 2.05) is 26.8 Å². The summed E-state index contributed by atoms with van der Waals surface area (Å²) in [5, 5.41) is 22.6. The lowest BCUT2D eigenvalue weighted by Gasteiger charge is -2.49. The fraction of sp³-hybridized carbons (Fsp3) is 0.571. The molecule has 1 aliphatic carbocycles. The first kappa shape index (κ1) is 24.4. The molecule has 202 valence electrons. The zero-order valence-corrected chi connectivity index (χ0v) is 21.8. The van der Waals surface area contributed by atoms with E-state index in [4.69, 9.17) is 28.4 Å². The summed E-state index contributed by atoms with van der Waals surface area (Å²) in [4.78, 5) is 25.9. The number of epoxide rings is 1. The van der Waals surface area contributed by atoms with Crippen molar-refractivity contribution in [3.8, 4) is 11.5 Å². The van der Waals surface area contributed by atoms with E-state index in [0.717, 1.165) is 11.8 Å². The van der Waals surface area contributed by atoms with Gasteiger partial charge in [-0.15, -0.1) is 0 Å². The number of Topliss-reactive ketones (excluding diaryl/α,β-unsaturated/α-hetero) is 1. The molecule has 2 aromatic carbocycles. The van der Waals surface area contributed by atoms with Gasteiger partial charge in [0.25, 0.3) is 5.79 Å². The predicted molar refractivity (Wildman–Crippen MR) is 131 cm³/mol. The lowest BCUT2D eigenvalue weighted by atomic mass is 9.73. The summed E-state index contributed by atoms with van der Waals surface area (Å²) in [5.74, 6) is -3.55. The summed E-state index contributed by atoms with van der Waals surface area (Å²) in [6.45, 7) is 5.44. The molecule has 2 aromatic rings. The fourth-order valence-corrected chi connectivity index (χ4v) is 7.66. The van der Waals surface area contributed by atoms with E-state index >= 15 is 0 Å². The maximum atomic E-state index is 13.4. The van der Waals surface area contributed by atoms with Crippen molar-refractivity contribution in [2.24, 2.45) is 5.92 Å². The predicted octanol–water partition coefficient (Wildman–Crippen LogP) is 2.67. The van der Waals surface area contributed by atoms with Crippen molar-refractivity contribution in [2.75, 3.05) is 27.4 Å². The lowest BCUT2D eigenvalue weighted by Crippen LogP contribution is -2.70. The standard InChI is InChI=1S/C28H30O10/c1-11-6-13(3)21(31)20-17(11)15(8-29)14-7-12(2)18-23(19(14)22(20)32)36-28(34-5)25-24(18)37-27(38-25,16(9-30)33-4)26(28)10-35-26/h7-8,11,13,16,24-25,30,32H,6,9-10H2,1-5H3/t11-,13+,16?,24?,25?,26?,27?,28?/m0/s1.